The van der Waals surface area contributed by atoms with Crippen molar-refractivity contribution >= 4 is 11.0 Å². The Bertz CT molecular complexity index is 486. The van der Waals surface area contributed by atoms with Gasteiger partial charge in [-0.05, 0) is 31.2 Å². The van der Waals surface area contributed by atoms with Gasteiger partial charge in [-0.2, -0.15) is 0 Å². The first kappa shape index (κ1) is 8.73. The van der Waals surface area contributed by atoms with E-state index in [4.69, 9.17) is 4.52 Å². The Morgan fingerprint density at radius 1 is 1.47 bits per heavy atom. The predicted molar refractivity (Wildman–Crippen MR) is 55.9 cm³/mol. The second-order valence-electron chi connectivity index (χ2n) is 3.94. The summed E-state index contributed by atoms with van der Waals surface area (Å²) in [4.78, 5) is 0. The number of aromatic hydroxyl groups is 1. The van der Waals surface area contributed by atoms with E-state index in [0.29, 0.717) is 5.92 Å². The number of benzene rings is 1. The summed E-state index contributed by atoms with van der Waals surface area (Å²) in [7, 11) is 0. The molecule has 2 aromatic rings. The van der Waals surface area contributed by atoms with E-state index in [1.807, 2.05) is 0 Å². The molecule has 15 heavy (non-hydrogen) atoms. The topological polar surface area (TPSA) is 58.3 Å². The largest absolute Gasteiger partial charge is 0.508 e. The summed E-state index contributed by atoms with van der Waals surface area (Å²) in [6.07, 6.45) is 1.08. The molecule has 1 aliphatic rings. The first-order valence-corrected chi connectivity index (χ1v) is 5.13. The molecule has 1 aromatic carbocycles. The van der Waals surface area contributed by atoms with E-state index < -0.39 is 0 Å². The van der Waals surface area contributed by atoms with Crippen LogP contribution in [0.5, 0.6) is 5.75 Å². The number of aromatic nitrogens is 1. The van der Waals surface area contributed by atoms with Crippen molar-refractivity contribution in [2.75, 3.05) is 13.1 Å². The number of phenols is 1. The molecule has 4 nitrogen and oxygen atoms in total. The average Bonchev–Trinajstić information content (AvgIpc) is 2.83. The minimum Gasteiger partial charge on any atom is -0.508 e. The van der Waals surface area contributed by atoms with Gasteiger partial charge in [-0.25, -0.2) is 0 Å². The monoisotopic (exact) mass is 204 g/mol. The highest BCUT2D eigenvalue weighted by atomic mass is 16.5. The van der Waals surface area contributed by atoms with Gasteiger partial charge < -0.3 is 14.9 Å². The summed E-state index contributed by atoms with van der Waals surface area (Å²) in [6.45, 7) is 1.97. The van der Waals surface area contributed by atoms with Crippen LogP contribution in [0.3, 0.4) is 0 Å². The van der Waals surface area contributed by atoms with E-state index in [1.165, 1.54) is 0 Å². The smallest absolute Gasteiger partial charge is 0.167 e. The second-order valence-corrected chi connectivity index (χ2v) is 3.94. The van der Waals surface area contributed by atoms with Gasteiger partial charge in [-0.1, -0.05) is 5.16 Å². The molecule has 0 aliphatic carbocycles. The SMILES string of the molecule is Oc1ccc2onc(C3CCNC3)c2c1. The number of hydrogen-bond donors (Lipinski definition) is 2. The first-order valence-electron chi connectivity index (χ1n) is 5.13. The number of fused-ring (bicyclic) bond motifs is 1. The molecule has 0 saturated carbocycles. The molecule has 0 radical (unpaired) electrons. The van der Waals surface area contributed by atoms with E-state index >= 15 is 0 Å². The molecule has 0 bridgehead atoms. The average molecular weight is 204 g/mol. The highest BCUT2D eigenvalue weighted by Crippen LogP contribution is 2.30. The van der Waals surface area contributed by atoms with Crippen LogP contribution in [0.1, 0.15) is 18.0 Å². The lowest BCUT2D eigenvalue weighted by molar-refractivity contribution is 0.438. The van der Waals surface area contributed by atoms with Crippen LogP contribution in [0.4, 0.5) is 0 Å². The standard InChI is InChI=1S/C11H12N2O2/c14-8-1-2-10-9(5-8)11(13-15-10)7-3-4-12-6-7/h1-2,5,7,12,14H,3-4,6H2. The highest BCUT2D eigenvalue weighted by Gasteiger charge is 2.22. The third-order valence-corrected chi connectivity index (χ3v) is 2.93. The Morgan fingerprint density at radius 3 is 3.20 bits per heavy atom. The Morgan fingerprint density at radius 2 is 2.40 bits per heavy atom. The number of nitrogens with one attached hydrogen (secondary N) is 1. The molecule has 3 rings (SSSR count). The zero-order valence-corrected chi connectivity index (χ0v) is 8.23. The van der Waals surface area contributed by atoms with Crippen LogP contribution in [0.25, 0.3) is 11.0 Å². The van der Waals surface area contributed by atoms with Crippen LogP contribution in [0.2, 0.25) is 0 Å². The molecule has 1 aliphatic heterocycles. The lowest BCUT2D eigenvalue weighted by Gasteiger charge is -2.02. The van der Waals surface area contributed by atoms with Gasteiger partial charge in [0.15, 0.2) is 5.58 Å². The van der Waals surface area contributed by atoms with E-state index in [1.54, 1.807) is 18.2 Å². The van der Waals surface area contributed by atoms with Crippen molar-refractivity contribution in [3.63, 3.8) is 0 Å². The zero-order chi connectivity index (χ0) is 10.3. The van der Waals surface area contributed by atoms with Crippen LogP contribution in [-0.4, -0.2) is 23.4 Å². The molecule has 0 amide bonds. The van der Waals surface area contributed by atoms with E-state index in [-0.39, 0.29) is 5.75 Å². The van der Waals surface area contributed by atoms with Gasteiger partial charge >= 0.3 is 0 Å². The minimum atomic E-state index is 0.262. The van der Waals surface area contributed by atoms with Gasteiger partial charge in [0.25, 0.3) is 0 Å². The van der Waals surface area contributed by atoms with Crippen molar-refractivity contribution in [2.45, 2.75) is 12.3 Å². The number of hydrogen-bond acceptors (Lipinski definition) is 4. The maximum Gasteiger partial charge on any atom is 0.167 e. The van der Waals surface area contributed by atoms with Crippen LogP contribution < -0.4 is 5.32 Å². The van der Waals surface area contributed by atoms with E-state index in [9.17, 15) is 5.11 Å². The third kappa shape index (κ3) is 1.37. The van der Waals surface area contributed by atoms with Crippen molar-refractivity contribution in [3.8, 4) is 5.75 Å². The minimum absolute atomic E-state index is 0.262. The molecular weight excluding hydrogens is 192 g/mol. The highest BCUT2D eigenvalue weighted by molar-refractivity contribution is 5.81. The van der Waals surface area contributed by atoms with Crippen LogP contribution >= 0.6 is 0 Å². The fourth-order valence-electron chi connectivity index (χ4n) is 2.13. The Kier molecular flexibility index (Phi) is 1.89. The fourth-order valence-corrected chi connectivity index (χ4v) is 2.13. The van der Waals surface area contributed by atoms with Crippen molar-refractivity contribution in [1.29, 1.82) is 0 Å². The van der Waals surface area contributed by atoms with Gasteiger partial charge in [0.1, 0.15) is 5.75 Å². The molecule has 4 heteroatoms. The predicted octanol–water partition coefficient (Wildman–Crippen LogP) is 1.61. The Hall–Kier alpha value is -1.55. The van der Waals surface area contributed by atoms with Gasteiger partial charge in [-0.3, -0.25) is 0 Å². The maximum atomic E-state index is 9.43. The van der Waals surface area contributed by atoms with E-state index in [0.717, 1.165) is 36.2 Å². The van der Waals surface area contributed by atoms with Crippen LogP contribution in [0, 0.1) is 0 Å². The van der Waals surface area contributed by atoms with Crippen LogP contribution in [0.15, 0.2) is 22.7 Å². The summed E-state index contributed by atoms with van der Waals surface area (Å²) >= 11 is 0. The molecule has 2 N–H and O–H groups in total. The summed E-state index contributed by atoms with van der Waals surface area (Å²) < 4.78 is 5.23. The number of rotatable bonds is 1. The van der Waals surface area contributed by atoms with E-state index in [2.05, 4.69) is 10.5 Å². The molecule has 1 unspecified atom stereocenters. The quantitative estimate of drug-likeness (QED) is 0.741. The van der Waals surface area contributed by atoms with Crippen molar-refractivity contribution < 1.29 is 9.63 Å². The van der Waals surface area contributed by atoms with Crippen LogP contribution in [-0.2, 0) is 0 Å². The fraction of sp³-hybridized carbons (Fsp3) is 0.364. The molecule has 1 atom stereocenters. The second kappa shape index (κ2) is 3.24. The summed E-state index contributed by atoms with van der Waals surface area (Å²) in [6, 6.07) is 5.09. The van der Waals surface area contributed by atoms with Crippen molar-refractivity contribution in [3.05, 3.63) is 23.9 Å². The Balaban J connectivity index is 2.13. The number of nitrogens with zero attached hydrogens (tertiary/aromatic N) is 1. The molecule has 2 heterocycles. The normalized spacial score (nSPS) is 21.2. The number of phenolic OH excluding ortho intramolecular Hbond substituents is 1. The Labute approximate surface area is 86.9 Å². The lowest BCUT2D eigenvalue weighted by atomic mass is 10.0. The maximum absolute atomic E-state index is 9.43. The molecule has 78 valence electrons. The van der Waals surface area contributed by atoms with Crippen molar-refractivity contribution in [2.24, 2.45) is 0 Å². The lowest BCUT2D eigenvalue weighted by Crippen LogP contribution is -2.08. The van der Waals surface area contributed by atoms with Gasteiger partial charge in [0.05, 0.1) is 5.69 Å². The van der Waals surface area contributed by atoms with Gasteiger partial charge in [-0.15, -0.1) is 0 Å². The molecule has 1 fully saturated rings. The summed E-state index contributed by atoms with van der Waals surface area (Å²) in [5.74, 6) is 0.672. The first-order chi connectivity index (χ1) is 7.34. The molecule has 1 saturated heterocycles. The molecule has 1 aromatic heterocycles. The third-order valence-electron chi connectivity index (χ3n) is 2.93. The molecule has 0 spiro atoms. The van der Waals surface area contributed by atoms with Gasteiger partial charge in [0, 0.05) is 17.8 Å². The van der Waals surface area contributed by atoms with Gasteiger partial charge in [0.2, 0.25) is 0 Å². The molecular formula is C11H12N2O2. The zero-order valence-electron chi connectivity index (χ0n) is 8.23. The van der Waals surface area contributed by atoms with Crippen molar-refractivity contribution in [1.82, 2.24) is 10.5 Å². The summed E-state index contributed by atoms with van der Waals surface area (Å²) in [5, 5.41) is 17.8. The summed E-state index contributed by atoms with van der Waals surface area (Å²) in [5.41, 5.74) is 1.71.